The van der Waals surface area contributed by atoms with Gasteiger partial charge in [-0.15, -0.1) is 0 Å². The summed E-state index contributed by atoms with van der Waals surface area (Å²) in [6.45, 7) is 2.52. The fourth-order valence-electron chi connectivity index (χ4n) is 1.10. The number of halogens is 3. The van der Waals surface area contributed by atoms with Gasteiger partial charge < -0.3 is 4.74 Å². The third kappa shape index (κ3) is 3.24. The maximum absolute atomic E-state index is 12.2. The lowest BCUT2D eigenvalue weighted by molar-refractivity contribution is -0.193. The van der Waals surface area contributed by atoms with E-state index in [1.54, 1.807) is 0 Å². The van der Waals surface area contributed by atoms with E-state index in [1.807, 2.05) is 0 Å². The minimum Gasteiger partial charge on any atom is -0.469 e. The predicted molar refractivity (Wildman–Crippen MR) is 41.0 cm³/mol. The van der Waals surface area contributed by atoms with Gasteiger partial charge in [-0.3, -0.25) is 4.79 Å². The van der Waals surface area contributed by atoms with E-state index in [-0.39, 0.29) is 6.42 Å². The highest BCUT2D eigenvalue weighted by Crippen LogP contribution is 2.33. The van der Waals surface area contributed by atoms with Crippen molar-refractivity contribution in [1.29, 1.82) is 0 Å². The number of rotatable bonds is 3. The Bertz CT molecular complexity index is 177. The van der Waals surface area contributed by atoms with Crippen LogP contribution in [0.5, 0.6) is 0 Å². The van der Waals surface area contributed by atoms with Crippen LogP contribution in [0.1, 0.15) is 20.3 Å². The minimum absolute atomic E-state index is 0.132. The molecule has 0 aromatic carbocycles. The summed E-state index contributed by atoms with van der Waals surface area (Å²) in [5.74, 6) is -3.54. The molecule has 13 heavy (non-hydrogen) atoms. The van der Waals surface area contributed by atoms with Gasteiger partial charge in [0, 0.05) is 0 Å². The summed E-state index contributed by atoms with van der Waals surface area (Å²) in [4.78, 5) is 10.9. The molecule has 0 aliphatic carbocycles. The summed E-state index contributed by atoms with van der Waals surface area (Å²) < 4.78 is 40.8. The van der Waals surface area contributed by atoms with Crippen molar-refractivity contribution in [2.45, 2.75) is 26.4 Å². The summed E-state index contributed by atoms with van der Waals surface area (Å²) in [6, 6.07) is 0. The van der Waals surface area contributed by atoms with Gasteiger partial charge in [0.25, 0.3) is 0 Å². The molecule has 0 spiro atoms. The van der Waals surface area contributed by atoms with Crippen LogP contribution in [0, 0.1) is 11.8 Å². The zero-order chi connectivity index (χ0) is 10.6. The molecule has 0 aliphatic rings. The lowest BCUT2D eigenvalue weighted by Crippen LogP contribution is -2.33. The molecule has 2 atom stereocenters. The molecule has 0 aromatic heterocycles. The van der Waals surface area contributed by atoms with Crippen molar-refractivity contribution in [3.05, 3.63) is 0 Å². The Morgan fingerprint density at radius 1 is 1.46 bits per heavy atom. The van der Waals surface area contributed by atoms with Crippen molar-refractivity contribution in [1.82, 2.24) is 0 Å². The fourth-order valence-corrected chi connectivity index (χ4v) is 1.10. The van der Waals surface area contributed by atoms with Crippen LogP contribution < -0.4 is 0 Å². The van der Waals surface area contributed by atoms with E-state index in [0.717, 1.165) is 14.0 Å². The smallest absolute Gasteiger partial charge is 0.392 e. The summed E-state index contributed by atoms with van der Waals surface area (Å²) in [7, 11) is 1.09. The van der Waals surface area contributed by atoms with Crippen LogP contribution in [-0.2, 0) is 9.53 Å². The molecule has 0 saturated carbocycles. The Hall–Kier alpha value is -0.740. The van der Waals surface area contributed by atoms with Crippen LogP contribution in [-0.4, -0.2) is 19.3 Å². The molecule has 0 fully saturated rings. The maximum atomic E-state index is 12.2. The second kappa shape index (κ2) is 4.48. The third-order valence-corrected chi connectivity index (χ3v) is 2.06. The first-order chi connectivity index (χ1) is 5.84. The van der Waals surface area contributed by atoms with Gasteiger partial charge in [0.15, 0.2) is 0 Å². The predicted octanol–water partition coefficient (Wildman–Crippen LogP) is 2.38. The van der Waals surface area contributed by atoms with Crippen LogP contribution in [0.3, 0.4) is 0 Å². The van der Waals surface area contributed by atoms with E-state index < -0.39 is 24.0 Å². The number of hydrogen-bond acceptors (Lipinski definition) is 2. The second-order valence-corrected chi connectivity index (χ2v) is 2.87. The molecule has 0 radical (unpaired) electrons. The molecular formula is C8H13F3O2. The van der Waals surface area contributed by atoms with Gasteiger partial charge in [-0.1, -0.05) is 13.8 Å². The van der Waals surface area contributed by atoms with Crippen LogP contribution in [0.2, 0.25) is 0 Å². The van der Waals surface area contributed by atoms with Gasteiger partial charge in [0.05, 0.1) is 18.9 Å². The molecule has 0 rings (SSSR count). The Balaban J connectivity index is 4.50. The number of esters is 1. The molecule has 0 amide bonds. The average molecular weight is 198 g/mol. The van der Waals surface area contributed by atoms with Crippen molar-refractivity contribution in [2.24, 2.45) is 11.8 Å². The average Bonchev–Trinajstić information content (AvgIpc) is 2.03. The van der Waals surface area contributed by atoms with E-state index in [1.165, 1.54) is 6.92 Å². The number of ether oxygens (including phenoxy) is 1. The van der Waals surface area contributed by atoms with Gasteiger partial charge in [0.1, 0.15) is 0 Å². The van der Waals surface area contributed by atoms with E-state index in [2.05, 4.69) is 4.74 Å². The Morgan fingerprint density at radius 2 is 1.92 bits per heavy atom. The highest BCUT2D eigenvalue weighted by atomic mass is 19.4. The van der Waals surface area contributed by atoms with Crippen LogP contribution in [0.4, 0.5) is 13.2 Å². The lowest BCUT2D eigenvalue weighted by atomic mass is 9.91. The molecule has 0 bridgehead atoms. The zero-order valence-electron chi connectivity index (χ0n) is 7.81. The first-order valence-corrected chi connectivity index (χ1v) is 3.99. The summed E-state index contributed by atoms with van der Waals surface area (Å²) in [5, 5.41) is 0. The molecule has 5 heteroatoms. The number of carbonyl (C=O) groups excluding carboxylic acids is 1. The van der Waals surface area contributed by atoms with Crippen molar-refractivity contribution >= 4 is 5.97 Å². The molecule has 0 aliphatic heterocycles. The van der Waals surface area contributed by atoms with E-state index in [0.29, 0.717) is 0 Å². The normalized spacial score (nSPS) is 16.5. The van der Waals surface area contributed by atoms with Crippen LogP contribution in [0.15, 0.2) is 0 Å². The Labute approximate surface area is 75.1 Å². The van der Waals surface area contributed by atoms with E-state index in [9.17, 15) is 18.0 Å². The van der Waals surface area contributed by atoms with Crippen molar-refractivity contribution in [3.8, 4) is 0 Å². The molecule has 0 aromatic rings. The SMILES string of the molecule is CCC(C(=O)OC)C(C)C(F)(F)F. The Morgan fingerprint density at radius 3 is 2.15 bits per heavy atom. The van der Waals surface area contributed by atoms with Crippen LogP contribution in [0.25, 0.3) is 0 Å². The number of alkyl halides is 3. The van der Waals surface area contributed by atoms with Gasteiger partial charge >= 0.3 is 12.1 Å². The lowest BCUT2D eigenvalue weighted by Gasteiger charge is -2.22. The van der Waals surface area contributed by atoms with E-state index >= 15 is 0 Å². The van der Waals surface area contributed by atoms with Crippen molar-refractivity contribution in [2.75, 3.05) is 7.11 Å². The maximum Gasteiger partial charge on any atom is 0.392 e. The van der Waals surface area contributed by atoms with Gasteiger partial charge in [0.2, 0.25) is 0 Å². The molecule has 0 N–H and O–H groups in total. The fraction of sp³-hybridized carbons (Fsp3) is 0.875. The van der Waals surface area contributed by atoms with Crippen molar-refractivity contribution in [3.63, 3.8) is 0 Å². The number of carbonyl (C=O) groups is 1. The molecule has 78 valence electrons. The summed E-state index contributed by atoms with van der Waals surface area (Å²) >= 11 is 0. The van der Waals surface area contributed by atoms with Gasteiger partial charge in [-0.25, -0.2) is 0 Å². The van der Waals surface area contributed by atoms with Crippen molar-refractivity contribution < 1.29 is 22.7 Å². The van der Waals surface area contributed by atoms with Gasteiger partial charge in [-0.2, -0.15) is 13.2 Å². The molecule has 2 nitrogen and oxygen atoms in total. The van der Waals surface area contributed by atoms with E-state index in [4.69, 9.17) is 0 Å². The van der Waals surface area contributed by atoms with Gasteiger partial charge in [-0.05, 0) is 6.42 Å². The highest BCUT2D eigenvalue weighted by molar-refractivity contribution is 5.72. The first-order valence-electron chi connectivity index (χ1n) is 3.99. The highest BCUT2D eigenvalue weighted by Gasteiger charge is 2.43. The van der Waals surface area contributed by atoms with Crippen LogP contribution >= 0.6 is 0 Å². The second-order valence-electron chi connectivity index (χ2n) is 2.87. The number of methoxy groups -OCH3 is 1. The first kappa shape index (κ1) is 12.3. The monoisotopic (exact) mass is 198 g/mol. The standard InChI is InChI=1S/C8H13F3O2/c1-4-6(7(12)13-3)5(2)8(9,10)11/h5-6H,4H2,1-3H3. The summed E-state index contributed by atoms with van der Waals surface area (Å²) in [5.41, 5.74) is 0. The summed E-state index contributed by atoms with van der Waals surface area (Å²) in [6.07, 6.45) is -4.21. The number of hydrogen-bond donors (Lipinski definition) is 0. The molecule has 0 heterocycles. The largest absolute Gasteiger partial charge is 0.469 e. The molecular weight excluding hydrogens is 185 g/mol. The molecule has 2 unspecified atom stereocenters. The topological polar surface area (TPSA) is 26.3 Å². The third-order valence-electron chi connectivity index (χ3n) is 2.06. The minimum atomic E-state index is -4.34. The quantitative estimate of drug-likeness (QED) is 0.651. The Kier molecular flexibility index (Phi) is 4.23. The molecule has 0 saturated heterocycles. The zero-order valence-corrected chi connectivity index (χ0v) is 7.81.